The van der Waals surface area contributed by atoms with E-state index < -0.39 is 11.9 Å². The normalized spacial score (nSPS) is 14.6. The van der Waals surface area contributed by atoms with E-state index in [0.29, 0.717) is 23.2 Å². The molecule has 0 saturated carbocycles. The molecule has 4 rings (SSSR count). The zero-order valence-corrected chi connectivity index (χ0v) is 23.5. The number of rotatable bonds is 9. The molecule has 9 nitrogen and oxygen atoms in total. The Morgan fingerprint density at radius 1 is 1.27 bits per heavy atom. The second-order valence-corrected chi connectivity index (χ2v) is 11.6. The molecule has 0 saturated heterocycles. The molecule has 0 fully saturated rings. The molecule has 0 aliphatic heterocycles. The molecule has 12 heteroatoms. The van der Waals surface area contributed by atoms with Crippen LogP contribution in [0.4, 0.5) is 5.00 Å². The summed E-state index contributed by atoms with van der Waals surface area (Å²) in [4.78, 5) is 39.0. The molecule has 3 aromatic rings. The van der Waals surface area contributed by atoms with Crippen molar-refractivity contribution in [2.24, 2.45) is 5.92 Å². The van der Waals surface area contributed by atoms with Gasteiger partial charge in [-0.15, -0.1) is 39.4 Å². The van der Waals surface area contributed by atoms with Gasteiger partial charge in [-0.05, 0) is 43.2 Å². The van der Waals surface area contributed by atoms with Gasteiger partial charge in [-0.1, -0.05) is 24.8 Å². The number of carbonyl (C=O) groups excluding carboxylic acids is 3. The van der Waals surface area contributed by atoms with Crippen molar-refractivity contribution in [3.8, 4) is 11.4 Å². The first kappa shape index (κ1) is 27.1. The average Bonchev–Trinajstić information content (AvgIpc) is 3.57. The summed E-state index contributed by atoms with van der Waals surface area (Å²) in [5, 5.41) is 14.6. The van der Waals surface area contributed by atoms with E-state index in [1.165, 1.54) is 36.4 Å². The van der Waals surface area contributed by atoms with E-state index in [1.54, 1.807) is 24.3 Å². The minimum atomic E-state index is -0.643. The smallest absolute Gasteiger partial charge is 0.348 e. The number of amides is 1. The van der Waals surface area contributed by atoms with Crippen molar-refractivity contribution in [1.29, 1.82) is 0 Å². The maximum Gasteiger partial charge on any atom is 0.348 e. The third kappa shape index (κ3) is 5.51. The molecule has 0 bridgehead atoms. The number of anilines is 1. The third-order valence-electron chi connectivity index (χ3n) is 6.16. The minimum absolute atomic E-state index is 0.0274. The van der Waals surface area contributed by atoms with Crippen LogP contribution in [0.2, 0.25) is 0 Å². The lowest BCUT2D eigenvalue weighted by molar-refractivity contribution is -0.113. The van der Waals surface area contributed by atoms with Gasteiger partial charge in [-0.25, -0.2) is 9.59 Å². The molecular weight excluding hydrogens is 532 g/mol. The fraction of sp³-hybridized carbons (Fsp3) is 0.400. The number of esters is 2. The number of methoxy groups -OCH3 is 2. The van der Waals surface area contributed by atoms with Crippen LogP contribution in [0.3, 0.4) is 0 Å². The van der Waals surface area contributed by atoms with Crippen molar-refractivity contribution < 1.29 is 23.9 Å². The molecule has 0 aromatic carbocycles. The number of ether oxygens (including phenoxy) is 2. The number of thiophene rings is 2. The molecule has 0 radical (unpaired) electrons. The van der Waals surface area contributed by atoms with Gasteiger partial charge in [0.15, 0.2) is 11.0 Å². The van der Waals surface area contributed by atoms with Crippen LogP contribution < -0.4 is 5.32 Å². The van der Waals surface area contributed by atoms with Crippen LogP contribution in [0, 0.1) is 12.8 Å². The van der Waals surface area contributed by atoms with E-state index in [4.69, 9.17) is 9.47 Å². The quantitative estimate of drug-likeness (QED) is 0.221. The highest BCUT2D eigenvalue weighted by Gasteiger charge is 2.28. The average molecular weight is 561 g/mol. The van der Waals surface area contributed by atoms with E-state index in [0.717, 1.165) is 42.0 Å². The molecule has 1 unspecified atom stereocenters. The van der Waals surface area contributed by atoms with Gasteiger partial charge in [0, 0.05) is 22.4 Å². The molecule has 1 aliphatic rings. The summed E-state index contributed by atoms with van der Waals surface area (Å²) >= 11 is 3.99. The summed E-state index contributed by atoms with van der Waals surface area (Å²) in [5.74, 6) is -0.0953. The van der Waals surface area contributed by atoms with Gasteiger partial charge in [0.2, 0.25) is 5.91 Å². The van der Waals surface area contributed by atoms with Crippen LogP contribution in [-0.2, 0) is 33.7 Å². The number of hydrogen-bond acceptors (Lipinski definition) is 10. The summed E-state index contributed by atoms with van der Waals surface area (Å²) in [6.45, 7) is 8.27. The molecule has 1 atom stereocenters. The van der Waals surface area contributed by atoms with Gasteiger partial charge in [-0.3, -0.25) is 9.36 Å². The van der Waals surface area contributed by atoms with Crippen LogP contribution in [0.25, 0.3) is 11.4 Å². The van der Waals surface area contributed by atoms with Crippen LogP contribution in [0.1, 0.15) is 49.4 Å². The monoisotopic (exact) mass is 560 g/mol. The van der Waals surface area contributed by atoms with Gasteiger partial charge < -0.3 is 14.8 Å². The van der Waals surface area contributed by atoms with Crippen LogP contribution in [-0.4, -0.2) is 52.6 Å². The molecule has 1 N–H and O–H groups in total. The largest absolute Gasteiger partial charge is 0.465 e. The lowest BCUT2D eigenvalue weighted by Gasteiger charge is -2.19. The summed E-state index contributed by atoms with van der Waals surface area (Å²) in [5.41, 5.74) is 2.99. The zero-order valence-electron chi connectivity index (χ0n) is 21.1. The predicted molar refractivity (Wildman–Crippen MR) is 146 cm³/mol. The topological polar surface area (TPSA) is 112 Å². The fourth-order valence-corrected chi connectivity index (χ4v) is 7.40. The molecule has 3 heterocycles. The van der Waals surface area contributed by atoms with Crippen molar-refractivity contribution in [3.63, 3.8) is 0 Å². The van der Waals surface area contributed by atoms with Crippen molar-refractivity contribution in [1.82, 2.24) is 14.8 Å². The summed E-state index contributed by atoms with van der Waals surface area (Å²) in [6.07, 6.45) is 5.05. The first-order valence-electron chi connectivity index (χ1n) is 11.6. The molecular formula is C25H28N4O5S3. The minimum Gasteiger partial charge on any atom is -0.465 e. The second kappa shape index (κ2) is 11.6. The van der Waals surface area contributed by atoms with E-state index in [2.05, 4.69) is 34.4 Å². The van der Waals surface area contributed by atoms with E-state index >= 15 is 0 Å². The number of carbonyl (C=O) groups is 3. The molecule has 196 valence electrons. The maximum absolute atomic E-state index is 12.9. The van der Waals surface area contributed by atoms with E-state index in [-0.39, 0.29) is 27.1 Å². The zero-order chi connectivity index (χ0) is 26.7. The first-order valence-corrected chi connectivity index (χ1v) is 14.3. The standard InChI is InChI=1S/C25H28N4O5S3/c1-6-9-29-21(16-11-35-17-10-13(2)7-8-15(16)17)27-28-25(29)36-12-18(30)26-22-19(23(31)33-4)14(3)20(37-22)24(32)34-5/h6,11,13H,1,7-10,12H2,2-5H3,(H,26,30). The molecule has 1 amide bonds. The highest BCUT2D eigenvalue weighted by molar-refractivity contribution is 7.99. The highest BCUT2D eigenvalue weighted by Crippen LogP contribution is 2.38. The molecule has 0 spiro atoms. The molecule has 3 aromatic heterocycles. The fourth-order valence-electron chi connectivity index (χ4n) is 4.28. The number of nitrogens with zero attached hydrogens (tertiary/aromatic N) is 3. The number of nitrogens with one attached hydrogen (secondary N) is 1. The van der Waals surface area contributed by atoms with E-state index in [1.807, 2.05) is 4.57 Å². The maximum atomic E-state index is 12.9. The van der Waals surface area contributed by atoms with Crippen LogP contribution >= 0.6 is 34.4 Å². The Labute approximate surface area is 227 Å². The Morgan fingerprint density at radius 3 is 2.73 bits per heavy atom. The van der Waals surface area contributed by atoms with Crippen molar-refractivity contribution in [2.45, 2.75) is 44.8 Å². The van der Waals surface area contributed by atoms with Crippen LogP contribution in [0.15, 0.2) is 23.2 Å². The highest BCUT2D eigenvalue weighted by atomic mass is 32.2. The number of thioether (sulfide) groups is 1. The number of hydrogen-bond donors (Lipinski definition) is 1. The van der Waals surface area contributed by atoms with Crippen molar-refractivity contribution in [3.05, 3.63) is 44.5 Å². The third-order valence-corrected chi connectivity index (χ3v) is 9.37. The van der Waals surface area contributed by atoms with Gasteiger partial charge in [0.1, 0.15) is 9.88 Å². The first-order chi connectivity index (χ1) is 17.8. The Balaban J connectivity index is 1.53. The lowest BCUT2D eigenvalue weighted by Crippen LogP contribution is -2.16. The SMILES string of the molecule is C=CCn1c(SCC(=O)Nc2sc(C(=O)OC)c(C)c2C(=O)OC)nnc1-c1csc2c1CCC(C)C2. The van der Waals surface area contributed by atoms with Gasteiger partial charge in [0.05, 0.1) is 25.5 Å². The lowest BCUT2D eigenvalue weighted by atomic mass is 9.88. The summed E-state index contributed by atoms with van der Waals surface area (Å²) < 4.78 is 11.6. The second-order valence-electron chi connectivity index (χ2n) is 8.68. The van der Waals surface area contributed by atoms with Gasteiger partial charge in [0.25, 0.3) is 0 Å². The van der Waals surface area contributed by atoms with Crippen LogP contribution in [0.5, 0.6) is 0 Å². The Morgan fingerprint density at radius 2 is 2.03 bits per heavy atom. The Kier molecular flexibility index (Phi) is 8.50. The van der Waals surface area contributed by atoms with Crippen molar-refractivity contribution in [2.75, 3.05) is 25.3 Å². The van der Waals surface area contributed by atoms with Crippen molar-refractivity contribution >= 4 is 57.3 Å². The molecule has 1 aliphatic carbocycles. The van der Waals surface area contributed by atoms with Gasteiger partial charge in [-0.2, -0.15) is 0 Å². The molecule has 37 heavy (non-hydrogen) atoms. The Hall–Kier alpha value is -2.96. The summed E-state index contributed by atoms with van der Waals surface area (Å²) in [6, 6.07) is 0. The van der Waals surface area contributed by atoms with Gasteiger partial charge >= 0.3 is 11.9 Å². The predicted octanol–water partition coefficient (Wildman–Crippen LogP) is 4.99. The number of fused-ring (bicyclic) bond motifs is 1. The number of aromatic nitrogens is 3. The Bertz CT molecular complexity index is 1360. The van der Waals surface area contributed by atoms with E-state index in [9.17, 15) is 14.4 Å². The summed E-state index contributed by atoms with van der Waals surface area (Å²) in [7, 11) is 2.50. The number of allylic oxidation sites excluding steroid dienone is 1.